The second kappa shape index (κ2) is 7.96. The monoisotopic (exact) mass is 405 g/mol. The second-order valence-electron chi connectivity index (χ2n) is 6.66. The highest BCUT2D eigenvalue weighted by molar-refractivity contribution is 8.15. The Bertz CT molecular complexity index is 1090. The van der Waals surface area contributed by atoms with E-state index in [0.717, 1.165) is 28.1 Å². The first kappa shape index (κ1) is 19.0. The van der Waals surface area contributed by atoms with E-state index >= 15 is 0 Å². The third-order valence-electron chi connectivity index (χ3n) is 4.39. The Morgan fingerprint density at radius 2 is 2.00 bits per heavy atom. The number of aryl methyl sites for hydroxylation is 2. The fourth-order valence-electron chi connectivity index (χ4n) is 3.11. The van der Waals surface area contributed by atoms with Crippen LogP contribution in [0.1, 0.15) is 22.5 Å². The fraction of sp³-hybridized carbons (Fsp3) is 0.200. The lowest BCUT2D eigenvalue weighted by atomic mass is 10.1. The summed E-state index contributed by atoms with van der Waals surface area (Å²) in [4.78, 5) is 29.1. The van der Waals surface area contributed by atoms with Gasteiger partial charge in [0.1, 0.15) is 10.7 Å². The number of primary amides is 1. The molecule has 146 valence electrons. The van der Waals surface area contributed by atoms with Crippen LogP contribution in [0.2, 0.25) is 0 Å². The van der Waals surface area contributed by atoms with Gasteiger partial charge in [-0.15, -0.1) is 0 Å². The van der Waals surface area contributed by atoms with Crippen LogP contribution in [-0.2, 0) is 11.3 Å². The van der Waals surface area contributed by atoms with E-state index < -0.39 is 11.3 Å². The Morgan fingerprint density at radius 1 is 1.14 bits per heavy atom. The van der Waals surface area contributed by atoms with Crippen LogP contribution in [0, 0.1) is 13.8 Å². The van der Waals surface area contributed by atoms with Gasteiger partial charge in [0.15, 0.2) is 5.37 Å². The van der Waals surface area contributed by atoms with Crippen LogP contribution in [-0.4, -0.2) is 41.3 Å². The zero-order chi connectivity index (χ0) is 20.4. The summed E-state index contributed by atoms with van der Waals surface area (Å²) >= 11 is 1.28. The van der Waals surface area contributed by atoms with E-state index in [9.17, 15) is 4.79 Å². The van der Waals surface area contributed by atoms with E-state index in [4.69, 9.17) is 5.73 Å². The highest BCUT2D eigenvalue weighted by Gasteiger charge is 2.33. The van der Waals surface area contributed by atoms with Crippen molar-refractivity contribution in [1.29, 1.82) is 0 Å². The van der Waals surface area contributed by atoms with Crippen molar-refractivity contribution in [3.05, 3.63) is 71.7 Å². The van der Waals surface area contributed by atoms with Crippen molar-refractivity contribution in [2.24, 2.45) is 10.8 Å². The number of carbonyl (C=O) groups is 1. The molecule has 1 unspecified atom stereocenters. The Balaban J connectivity index is 1.59. The number of amides is 1. The normalized spacial score (nSPS) is 16.0. The number of nitrogens with two attached hydrogens (primary N) is 1. The number of nitrogens with zero attached hydrogens (tertiary/aromatic N) is 6. The summed E-state index contributed by atoms with van der Waals surface area (Å²) in [6, 6.07) is 6.00. The first-order valence-electron chi connectivity index (χ1n) is 8.97. The van der Waals surface area contributed by atoms with E-state index in [-0.39, 0.29) is 0 Å². The number of pyridine rings is 2. The molecule has 1 atom stereocenters. The molecule has 1 aliphatic heterocycles. The molecule has 8 nitrogen and oxygen atoms in total. The maximum atomic E-state index is 11.9. The largest absolute Gasteiger partial charge is 0.367 e. The van der Waals surface area contributed by atoms with Crippen LogP contribution < -0.4 is 5.73 Å². The molecular formula is C20H19N7OS. The molecule has 0 radical (unpaired) electrons. The van der Waals surface area contributed by atoms with E-state index in [2.05, 4.69) is 31.1 Å². The van der Waals surface area contributed by atoms with Crippen LogP contribution >= 0.6 is 11.8 Å². The molecule has 0 aromatic carbocycles. The number of thioether (sulfide) groups is 1. The third-order valence-corrected chi connectivity index (χ3v) is 5.60. The Hall–Kier alpha value is -3.33. The molecule has 4 heterocycles. The van der Waals surface area contributed by atoms with Crippen molar-refractivity contribution in [1.82, 2.24) is 24.9 Å². The number of hydrazone groups is 1. The summed E-state index contributed by atoms with van der Waals surface area (Å²) in [5.41, 5.74) is 11.1. The van der Waals surface area contributed by atoms with Crippen molar-refractivity contribution in [3.8, 4) is 11.3 Å². The predicted molar refractivity (Wildman–Crippen MR) is 112 cm³/mol. The van der Waals surface area contributed by atoms with Gasteiger partial charge in [-0.3, -0.25) is 29.7 Å². The van der Waals surface area contributed by atoms with Gasteiger partial charge in [-0.1, -0.05) is 17.8 Å². The van der Waals surface area contributed by atoms with Gasteiger partial charge in [0, 0.05) is 36.0 Å². The lowest BCUT2D eigenvalue weighted by Gasteiger charge is -2.20. The number of rotatable bonds is 5. The van der Waals surface area contributed by atoms with Gasteiger partial charge in [0.25, 0.3) is 5.91 Å². The summed E-state index contributed by atoms with van der Waals surface area (Å²) < 4.78 is 0. The maximum Gasteiger partial charge on any atom is 0.252 e. The molecular weight excluding hydrogens is 386 g/mol. The van der Waals surface area contributed by atoms with Crippen LogP contribution in [0.3, 0.4) is 0 Å². The average Bonchev–Trinajstić information content (AvgIpc) is 3.13. The van der Waals surface area contributed by atoms with E-state index in [1.54, 1.807) is 36.0 Å². The van der Waals surface area contributed by atoms with Crippen LogP contribution in [0.4, 0.5) is 0 Å². The van der Waals surface area contributed by atoms with Gasteiger partial charge in [0.2, 0.25) is 0 Å². The molecule has 0 fully saturated rings. The minimum Gasteiger partial charge on any atom is -0.367 e. The zero-order valence-corrected chi connectivity index (χ0v) is 16.8. The van der Waals surface area contributed by atoms with Gasteiger partial charge in [-0.05, 0) is 37.1 Å². The Morgan fingerprint density at radius 3 is 2.69 bits per heavy atom. The Kier molecular flexibility index (Phi) is 5.22. The van der Waals surface area contributed by atoms with Crippen LogP contribution in [0.15, 0.2) is 54.3 Å². The number of hydrogen-bond donors (Lipinski definition) is 1. The Labute approximate surface area is 172 Å². The lowest BCUT2D eigenvalue weighted by molar-refractivity contribution is -0.120. The van der Waals surface area contributed by atoms with Crippen molar-refractivity contribution >= 4 is 22.7 Å². The van der Waals surface area contributed by atoms with Crippen LogP contribution in [0.25, 0.3) is 11.3 Å². The summed E-state index contributed by atoms with van der Waals surface area (Å²) in [7, 11) is 0. The van der Waals surface area contributed by atoms with Crippen molar-refractivity contribution in [2.45, 2.75) is 25.8 Å². The first-order chi connectivity index (χ1) is 14.0. The molecule has 0 aliphatic carbocycles. The molecule has 0 bridgehead atoms. The second-order valence-corrected chi connectivity index (χ2v) is 7.73. The molecule has 2 N–H and O–H groups in total. The fourth-order valence-corrected chi connectivity index (χ4v) is 4.05. The summed E-state index contributed by atoms with van der Waals surface area (Å²) in [6.07, 6.45) is 8.38. The van der Waals surface area contributed by atoms with Crippen LogP contribution in [0.5, 0.6) is 0 Å². The quantitative estimate of drug-likeness (QED) is 0.693. The molecule has 0 saturated heterocycles. The van der Waals surface area contributed by atoms with Gasteiger partial charge in [0.05, 0.1) is 18.4 Å². The highest BCUT2D eigenvalue weighted by atomic mass is 32.2. The van der Waals surface area contributed by atoms with E-state index in [0.29, 0.717) is 17.3 Å². The lowest BCUT2D eigenvalue weighted by Crippen LogP contribution is -2.36. The van der Waals surface area contributed by atoms with Gasteiger partial charge >= 0.3 is 0 Å². The van der Waals surface area contributed by atoms with Gasteiger partial charge in [-0.25, -0.2) is 0 Å². The number of aromatic nitrogens is 4. The van der Waals surface area contributed by atoms with Gasteiger partial charge < -0.3 is 5.73 Å². The smallest absolute Gasteiger partial charge is 0.252 e. The summed E-state index contributed by atoms with van der Waals surface area (Å²) in [5.74, 6) is -0.453. The maximum absolute atomic E-state index is 11.9. The van der Waals surface area contributed by atoms with Crippen molar-refractivity contribution in [3.63, 3.8) is 0 Å². The molecule has 0 spiro atoms. The molecule has 1 amide bonds. The van der Waals surface area contributed by atoms with E-state index in [1.165, 1.54) is 11.8 Å². The molecule has 4 rings (SSSR count). The molecule has 3 aromatic rings. The predicted octanol–water partition coefficient (Wildman–Crippen LogP) is 2.27. The summed E-state index contributed by atoms with van der Waals surface area (Å²) in [6.45, 7) is 4.38. The molecule has 1 aliphatic rings. The average molecular weight is 405 g/mol. The first-order valence-corrected chi connectivity index (χ1v) is 9.85. The van der Waals surface area contributed by atoms with Gasteiger partial charge in [-0.2, -0.15) is 5.10 Å². The third kappa shape index (κ3) is 4.09. The SMILES string of the molecule is Cc1cc(-c2ncc(CN3N=C(c4cnccn4)SC3C(N)=O)cc2C)ccn1. The zero-order valence-electron chi connectivity index (χ0n) is 16.0. The topological polar surface area (TPSA) is 110 Å². The minimum absolute atomic E-state index is 0.411. The standard InChI is InChI=1S/C20H19N7OS/c1-12-7-14(9-25-17(12)15-3-4-23-13(2)8-15)11-27-20(18(21)28)29-19(26-27)16-10-22-5-6-24-16/h3-10,20H,11H2,1-2H3,(H2,21,28). The highest BCUT2D eigenvalue weighted by Crippen LogP contribution is 2.30. The summed E-state index contributed by atoms with van der Waals surface area (Å²) in [5, 5.41) is 6.24. The molecule has 29 heavy (non-hydrogen) atoms. The minimum atomic E-state index is -0.602. The molecule has 9 heteroatoms. The number of carbonyl (C=O) groups excluding carboxylic acids is 1. The molecule has 0 saturated carbocycles. The van der Waals surface area contributed by atoms with E-state index in [1.807, 2.05) is 26.0 Å². The van der Waals surface area contributed by atoms with Crippen molar-refractivity contribution < 1.29 is 4.79 Å². The molecule has 3 aromatic heterocycles. The van der Waals surface area contributed by atoms with Crippen molar-refractivity contribution in [2.75, 3.05) is 0 Å². The number of hydrogen-bond acceptors (Lipinski definition) is 8.